The van der Waals surface area contributed by atoms with Crippen molar-refractivity contribution in [2.45, 2.75) is 19.4 Å². The second-order valence-corrected chi connectivity index (χ2v) is 4.09. The van der Waals surface area contributed by atoms with Gasteiger partial charge in [0.25, 0.3) is 0 Å². The van der Waals surface area contributed by atoms with E-state index in [1.54, 1.807) is 11.8 Å². The van der Waals surface area contributed by atoms with Crippen LogP contribution in [-0.2, 0) is 19.1 Å². The van der Waals surface area contributed by atoms with Crippen LogP contribution in [0.25, 0.3) is 0 Å². The summed E-state index contributed by atoms with van der Waals surface area (Å²) in [5, 5.41) is 10.8. The van der Waals surface area contributed by atoms with Crippen LogP contribution in [0.1, 0.15) is 13.3 Å². The third-order valence-corrected chi connectivity index (χ3v) is 2.51. The van der Waals surface area contributed by atoms with E-state index in [1.165, 1.54) is 0 Å². The van der Waals surface area contributed by atoms with Gasteiger partial charge in [-0.25, -0.2) is 4.79 Å². The lowest BCUT2D eigenvalue weighted by Gasteiger charge is -2.31. The van der Waals surface area contributed by atoms with Crippen molar-refractivity contribution >= 4 is 18.0 Å². The average Bonchev–Trinajstić information content (AvgIpc) is 2.28. The van der Waals surface area contributed by atoms with Gasteiger partial charge in [0.15, 0.2) is 0 Å². The topological polar surface area (TPSA) is 105 Å². The number of nitrogens with one attached hydrogen (secondary N) is 1. The minimum absolute atomic E-state index is 0.0122. The molecule has 2 N–H and O–H groups in total. The second-order valence-electron chi connectivity index (χ2n) is 4.09. The predicted molar refractivity (Wildman–Crippen MR) is 63.6 cm³/mol. The fourth-order valence-electron chi connectivity index (χ4n) is 1.77. The summed E-state index contributed by atoms with van der Waals surface area (Å²) >= 11 is 0. The summed E-state index contributed by atoms with van der Waals surface area (Å²) in [6.07, 6.45) is -1.31. The maximum absolute atomic E-state index is 11.5. The highest BCUT2D eigenvalue weighted by Crippen LogP contribution is 2.08. The maximum atomic E-state index is 11.5. The molecule has 0 spiro atoms. The van der Waals surface area contributed by atoms with Crippen molar-refractivity contribution < 1.29 is 29.0 Å². The van der Waals surface area contributed by atoms with Crippen molar-refractivity contribution in [1.82, 2.24) is 10.2 Å². The molecule has 0 saturated carbocycles. The number of alkyl carbamates (subject to hydrolysis) is 1. The van der Waals surface area contributed by atoms with Gasteiger partial charge in [0.2, 0.25) is 5.91 Å². The molecular formula is C11H18N2O6. The van der Waals surface area contributed by atoms with E-state index in [9.17, 15) is 14.4 Å². The zero-order valence-electron chi connectivity index (χ0n) is 10.8. The molecular weight excluding hydrogens is 256 g/mol. The highest BCUT2D eigenvalue weighted by molar-refractivity contribution is 5.92. The molecule has 1 atom stereocenters. The monoisotopic (exact) mass is 274 g/mol. The van der Waals surface area contributed by atoms with E-state index >= 15 is 0 Å². The first-order chi connectivity index (χ1) is 9.01. The largest absolute Gasteiger partial charge is 0.481 e. The molecule has 0 aromatic carbocycles. The fraction of sp³-hybridized carbons (Fsp3) is 0.727. The van der Waals surface area contributed by atoms with E-state index in [4.69, 9.17) is 9.84 Å². The molecule has 0 bridgehead atoms. The van der Waals surface area contributed by atoms with Crippen molar-refractivity contribution in [3.8, 4) is 0 Å². The number of ether oxygens (including phenoxy) is 2. The number of imide groups is 1. The van der Waals surface area contributed by atoms with Gasteiger partial charge in [0.05, 0.1) is 32.3 Å². The van der Waals surface area contributed by atoms with Crippen LogP contribution in [-0.4, -0.2) is 66.9 Å². The lowest BCUT2D eigenvalue weighted by atomic mass is 10.2. The van der Waals surface area contributed by atoms with E-state index in [0.29, 0.717) is 19.7 Å². The van der Waals surface area contributed by atoms with Gasteiger partial charge < -0.3 is 14.6 Å². The number of rotatable bonds is 5. The zero-order chi connectivity index (χ0) is 14.3. The molecule has 1 aliphatic heterocycles. The molecule has 19 heavy (non-hydrogen) atoms. The van der Waals surface area contributed by atoms with Crippen molar-refractivity contribution in [3.63, 3.8) is 0 Å². The van der Waals surface area contributed by atoms with Crippen LogP contribution in [0, 0.1) is 0 Å². The van der Waals surface area contributed by atoms with E-state index in [0.717, 1.165) is 0 Å². The van der Waals surface area contributed by atoms with Crippen LogP contribution in [0.2, 0.25) is 0 Å². The number of amides is 2. The highest BCUT2D eigenvalue weighted by atomic mass is 16.5. The molecule has 0 aliphatic carbocycles. The second kappa shape index (κ2) is 7.70. The van der Waals surface area contributed by atoms with Gasteiger partial charge in [0.1, 0.15) is 0 Å². The Morgan fingerprint density at radius 3 is 2.84 bits per heavy atom. The van der Waals surface area contributed by atoms with Crippen molar-refractivity contribution in [2.24, 2.45) is 0 Å². The number of aliphatic carboxylic acids is 1. The van der Waals surface area contributed by atoms with Gasteiger partial charge in [-0.2, -0.15) is 0 Å². The minimum atomic E-state index is -0.942. The molecule has 1 unspecified atom stereocenters. The maximum Gasteiger partial charge on any atom is 0.413 e. The standard InChI is InChI=1S/C11H18N2O6/c1-2-18-11(17)12-9(14)7-13-3-4-19-8(6-13)5-10(15)16/h8H,2-7H2,1H3,(H,15,16)(H,12,14,17). The van der Waals surface area contributed by atoms with E-state index in [2.05, 4.69) is 10.1 Å². The van der Waals surface area contributed by atoms with E-state index in [1.807, 2.05) is 0 Å². The molecule has 2 amide bonds. The van der Waals surface area contributed by atoms with Gasteiger partial charge in [-0.1, -0.05) is 0 Å². The van der Waals surface area contributed by atoms with Gasteiger partial charge in [0, 0.05) is 13.1 Å². The summed E-state index contributed by atoms with van der Waals surface area (Å²) in [6.45, 7) is 3.08. The highest BCUT2D eigenvalue weighted by Gasteiger charge is 2.24. The molecule has 1 rings (SSSR count). The van der Waals surface area contributed by atoms with Crippen LogP contribution in [0.15, 0.2) is 0 Å². The Kier molecular flexibility index (Phi) is 6.23. The van der Waals surface area contributed by atoms with E-state index < -0.39 is 24.1 Å². The number of nitrogens with zero attached hydrogens (tertiary/aromatic N) is 1. The van der Waals surface area contributed by atoms with Gasteiger partial charge in [-0.15, -0.1) is 0 Å². The first-order valence-corrected chi connectivity index (χ1v) is 6.03. The van der Waals surface area contributed by atoms with Gasteiger partial charge >= 0.3 is 12.1 Å². The molecule has 8 nitrogen and oxygen atoms in total. The summed E-state index contributed by atoms with van der Waals surface area (Å²) in [5.41, 5.74) is 0. The summed E-state index contributed by atoms with van der Waals surface area (Å²) in [7, 11) is 0. The molecule has 1 fully saturated rings. The normalized spacial score (nSPS) is 19.7. The molecule has 1 saturated heterocycles. The summed E-state index contributed by atoms with van der Waals surface area (Å²) in [6, 6.07) is 0. The van der Waals surface area contributed by atoms with Crippen LogP contribution >= 0.6 is 0 Å². The lowest BCUT2D eigenvalue weighted by molar-refractivity contribution is -0.142. The van der Waals surface area contributed by atoms with Crippen molar-refractivity contribution in [2.75, 3.05) is 32.8 Å². The average molecular weight is 274 g/mol. The molecule has 1 heterocycles. The third-order valence-electron chi connectivity index (χ3n) is 2.51. The Labute approximate surface area is 110 Å². The Balaban J connectivity index is 2.33. The number of hydrogen-bond donors (Lipinski definition) is 2. The molecule has 1 aliphatic rings. The number of morpholine rings is 1. The minimum Gasteiger partial charge on any atom is -0.481 e. The first kappa shape index (κ1) is 15.4. The molecule has 108 valence electrons. The summed E-state index contributed by atoms with van der Waals surface area (Å²) < 4.78 is 9.86. The zero-order valence-corrected chi connectivity index (χ0v) is 10.8. The summed E-state index contributed by atoms with van der Waals surface area (Å²) in [5.74, 6) is -1.42. The molecule has 8 heteroatoms. The van der Waals surface area contributed by atoms with Crippen molar-refractivity contribution in [1.29, 1.82) is 0 Å². The van der Waals surface area contributed by atoms with Gasteiger partial charge in [-0.05, 0) is 6.92 Å². The molecule has 0 aromatic rings. The fourth-order valence-corrected chi connectivity index (χ4v) is 1.77. The number of carboxylic acids is 1. The predicted octanol–water partition coefficient (Wildman–Crippen LogP) is -0.565. The first-order valence-electron chi connectivity index (χ1n) is 6.03. The Morgan fingerprint density at radius 1 is 1.47 bits per heavy atom. The van der Waals surface area contributed by atoms with Crippen LogP contribution < -0.4 is 5.32 Å². The van der Waals surface area contributed by atoms with Crippen LogP contribution in [0.3, 0.4) is 0 Å². The number of carbonyl (C=O) groups excluding carboxylic acids is 2. The lowest BCUT2D eigenvalue weighted by Crippen LogP contribution is -2.48. The van der Waals surface area contributed by atoms with Crippen LogP contribution in [0.4, 0.5) is 4.79 Å². The SMILES string of the molecule is CCOC(=O)NC(=O)CN1CCOC(CC(=O)O)C1. The quantitative estimate of drug-likeness (QED) is 0.692. The third kappa shape index (κ3) is 6.16. The Morgan fingerprint density at radius 2 is 2.21 bits per heavy atom. The van der Waals surface area contributed by atoms with Gasteiger partial charge in [-0.3, -0.25) is 19.8 Å². The Hall–Kier alpha value is -1.67. The number of hydrogen-bond acceptors (Lipinski definition) is 6. The molecule has 0 aromatic heterocycles. The van der Waals surface area contributed by atoms with Crippen LogP contribution in [0.5, 0.6) is 0 Å². The molecule has 0 radical (unpaired) electrons. The summed E-state index contributed by atoms with van der Waals surface area (Å²) in [4.78, 5) is 34.9. The smallest absolute Gasteiger partial charge is 0.413 e. The number of carbonyl (C=O) groups is 3. The number of carboxylic acid groups (broad SMARTS) is 1. The Bertz CT molecular complexity index is 346. The van der Waals surface area contributed by atoms with Crippen molar-refractivity contribution in [3.05, 3.63) is 0 Å². The van der Waals surface area contributed by atoms with E-state index in [-0.39, 0.29) is 19.6 Å².